The number of hydrogen-bond acceptors (Lipinski definition) is 2. The van der Waals surface area contributed by atoms with Crippen LogP contribution >= 0.6 is 0 Å². The Kier molecular flexibility index (Phi) is 4.59. The first-order valence-corrected chi connectivity index (χ1v) is 11.9. The van der Waals surface area contributed by atoms with E-state index in [0.29, 0.717) is 0 Å². The largest absolute Gasteiger partial charge is 0.242 e. The monoisotopic (exact) mass is 409 g/mol. The zero-order valence-corrected chi connectivity index (χ0v) is 18.4. The van der Waals surface area contributed by atoms with Crippen LogP contribution in [0, 0.1) is 24.7 Å². The van der Waals surface area contributed by atoms with E-state index in [-0.39, 0.29) is 5.41 Å². The van der Waals surface area contributed by atoms with Crippen LogP contribution in [0.1, 0.15) is 55.5 Å². The van der Waals surface area contributed by atoms with Crippen LogP contribution in [0.15, 0.2) is 60.7 Å². The Morgan fingerprint density at radius 1 is 0.903 bits per heavy atom. The van der Waals surface area contributed by atoms with Gasteiger partial charge in [-0.25, -0.2) is 9.67 Å². The number of benzene rings is 2. The first kappa shape index (κ1) is 19.0. The maximum absolute atomic E-state index is 5.24. The first-order valence-electron chi connectivity index (χ1n) is 11.9. The zero-order valence-electron chi connectivity index (χ0n) is 18.4. The van der Waals surface area contributed by atoms with Gasteiger partial charge in [-0.3, -0.25) is 0 Å². The second kappa shape index (κ2) is 7.47. The number of nitrogens with zero attached hydrogens (tertiary/aromatic N) is 3. The van der Waals surface area contributed by atoms with Crippen LogP contribution in [0.5, 0.6) is 0 Å². The van der Waals surface area contributed by atoms with Gasteiger partial charge in [0, 0.05) is 11.0 Å². The molecule has 4 fully saturated rings. The molecule has 158 valence electrons. The number of allylic oxidation sites excluding steroid dienone is 1. The molecule has 0 spiro atoms. The highest BCUT2D eigenvalue weighted by Crippen LogP contribution is 2.60. The maximum Gasteiger partial charge on any atom is 0.158 e. The van der Waals surface area contributed by atoms with E-state index in [9.17, 15) is 0 Å². The Morgan fingerprint density at radius 3 is 2.19 bits per heavy atom. The van der Waals surface area contributed by atoms with Gasteiger partial charge in [0.2, 0.25) is 0 Å². The smallest absolute Gasteiger partial charge is 0.158 e. The Labute approximate surface area is 185 Å². The highest BCUT2D eigenvalue weighted by Gasteiger charge is 2.53. The molecule has 2 aromatic carbocycles. The number of hydrogen-bond donors (Lipinski definition) is 0. The molecule has 3 aromatic rings. The minimum Gasteiger partial charge on any atom is -0.242 e. The standard InChI is InChI=1S/C28H31N3/c1-20-9-11-25(12-10-20)26-29-27(28-17-22-14-23(18-28)16-24(15-22)19-28)30-31(26)13-5-8-21-6-3-2-4-7-21/h2-12,22-24H,13-19H2,1H3/b8-5+. The second-order valence-corrected chi connectivity index (χ2v) is 10.3. The van der Waals surface area contributed by atoms with Crippen molar-refractivity contribution >= 4 is 6.08 Å². The summed E-state index contributed by atoms with van der Waals surface area (Å²) in [5.74, 6) is 4.84. The fourth-order valence-electron chi connectivity index (χ4n) is 6.85. The third kappa shape index (κ3) is 3.54. The molecule has 1 heterocycles. The molecule has 7 rings (SSSR count). The molecule has 4 saturated carbocycles. The molecule has 3 heteroatoms. The molecular formula is C28H31N3. The molecule has 4 aliphatic carbocycles. The molecular weight excluding hydrogens is 378 g/mol. The fraction of sp³-hybridized carbons (Fsp3) is 0.429. The third-order valence-corrected chi connectivity index (χ3v) is 7.88. The molecule has 0 atom stereocenters. The van der Waals surface area contributed by atoms with Gasteiger partial charge in [-0.2, -0.15) is 5.10 Å². The Balaban J connectivity index is 1.36. The molecule has 0 N–H and O–H groups in total. The number of rotatable bonds is 5. The Morgan fingerprint density at radius 2 is 1.55 bits per heavy atom. The van der Waals surface area contributed by atoms with Crippen LogP contribution in [-0.4, -0.2) is 14.8 Å². The Hall–Kier alpha value is -2.68. The van der Waals surface area contributed by atoms with Crippen LogP contribution in [0.4, 0.5) is 0 Å². The zero-order chi connectivity index (χ0) is 20.8. The number of aryl methyl sites for hydroxylation is 1. The molecule has 0 amide bonds. The van der Waals surface area contributed by atoms with Gasteiger partial charge in [0.05, 0.1) is 6.54 Å². The summed E-state index contributed by atoms with van der Waals surface area (Å²) in [5.41, 5.74) is 3.89. The average Bonchev–Trinajstić information content (AvgIpc) is 3.19. The molecule has 0 saturated heterocycles. The van der Waals surface area contributed by atoms with Gasteiger partial charge in [0.1, 0.15) is 0 Å². The van der Waals surface area contributed by atoms with Crippen molar-refractivity contribution < 1.29 is 0 Å². The minimum atomic E-state index is 0.225. The van der Waals surface area contributed by atoms with Crippen LogP contribution in [0.3, 0.4) is 0 Å². The van der Waals surface area contributed by atoms with Gasteiger partial charge in [0.25, 0.3) is 0 Å². The normalized spacial score (nSPS) is 29.1. The Bertz CT molecular complexity index is 1060. The molecule has 3 nitrogen and oxygen atoms in total. The van der Waals surface area contributed by atoms with Crippen LogP contribution in [0.2, 0.25) is 0 Å². The SMILES string of the molecule is Cc1ccc(-c2nc(C34CC5CC(CC(C5)C3)C4)nn2C/C=C/c2ccccc2)cc1. The highest BCUT2D eigenvalue weighted by atomic mass is 15.4. The van der Waals surface area contributed by atoms with E-state index in [1.807, 2.05) is 0 Å². The molecule has 4 bridgehead atoms. The molecule has 0 aliphatic heterocycles. The van der Waals surface area contributed by atoms with Gasteiger partial charge < -0.3 is 0 Å². The summed E-state index contributed by atoms with van der Waals surface area (Å²) < 4.78 is 2.14. The van der Waals surface area contributed by atoms with E-state index in [4.69, 9.17) is 10.1 Å². The van der Waals surface area contributed by atoms with Crippen molar-refractivity contribution in [2.75, 3.05) is 0 Å². The van der Waals surface area contributed by atoms with Crippen molar-refractivity contribution in [1.82, 2.24) is 14.8 Å². The lowest BCUT2D eigenvalue weighted by Gasteiger charge is -2.55. The summed E-state index contributed by atoms with van der Waals surface area (Å²) in [5, 5.41) is 5.18. The molecule has 4 aliphatic rings. The molecule has 31 heavy (non-hydrogen) atoms. The van der Waals surface area contributed by atoms with Gasteiger partial charge in [-0.05, 0) is 68.8 Å². The first-order chi connectivity index (χ1) is 15.2. The minimum absolute atomic E-state index is 0.225. The average molecular weight is 410 g/mol. The lowest BCUT2D eigenvalue weighted by molar-refractivity contribution is -0.00941. The molecule has 0 unspecified atom stereocenters. The highest BCUT2D eigenvalue weighted by molar-refractivity contribution is 5.56. The summed E-state index contributed by atoms with van der Waals surface area (Å²) in [6.45, 7) is 2.88. The number of aromatic nitrogens is 3. The van der Waals surface area contributed by atoms with Crippen molar-refractivity contribution in [2.24, 2.45) is 17.8 Å². The summed E-state index contributed by atoms with van der Waals surface area (Å²) in [6, 6.07) is 19.2. The van der Waals surface area contributed by atoms with Crippen molar-refractivity contribution in [2.45, 2.75) is 57.4 Å². The van der Waals surface area contributed by atoms with Crippen LogP contribution in [0.25, 0.3) is 17.5 Å². The van der Waals surface area contributed by atoms with Gasteiger partial charge in [-0.1, -0.05) is 72.3 Å². The van der Waals surface area contributed by atoms with E-state index >= 15 is 0 Å². The second-order valence-electron chi connectivity index (χ2n) is 10.3. The molecule has 1 aromatic heterocycles. The fourth-order valence-corrected chi connectivity index (χ4v) is 6.85. The van der Waals surface area contributed by atoms with Gasteiger partial charge in [0.15, 0.2) is 11.6 Å². The topological polar surface area (TPSA) is 30.7 Å². The summed E-state index contributed by atoms with van der Waals surface area (Å²) in [6.07, 6.45) is 12.7. The summed E-state index contributed by atoms with van der Waals surface area (Å²) in [4.78, 5) is 5.24. The van der Waals surface area contributed by atoms with Crippen molar-refractivity contribution in [3.05, 3.63) is 77.6 Å². The quantitative estimate of drug-likeness (QED) is 0.486. The van der Waals surface area contributed by atoms with Crippen molar-refractivity contribution in [1.29, 1.82) is 0 Å². The van der Waals surface area contributed by atoms with E-state index in [0.717, 1.165) is 35.9 Å². The molecule has 0 radical (unpaired) electrons. The van der Waals surface area contributed by atoms with Crippen LogP contribution in [-0.2, 0) is 12.0 Å². The lowest BCUT2D eigenvalue weighted by Crippen LogP contribution is -2.49. The lowest BCUT2D eigenvalue weighted by atomic mass is 9.49. The van der Waals surface area contributed by atoms with Crippen molar-refractivity contribution in [3.8, 4) is 11.4 Å². The van der Waals surface area contributed by atoms with Crippen LogP contribution < -0.4 is 0 Å². The van der Waals surface area contributed by atoms with Crippen molar-refractivity contribution in [3.63, 3.8) is 0 Å². The van der Waals surface area contributed by atoms with E-state index in [1.54, 1.807) is 0 Å². The predicted molar refractivity (Wildman–Crippen MR) is 126 cm³/mol. The summed E-state index contributed by atoms with van der Waals surface area (Å²) >= 11 is 0. The van der Waals surface area contributed by atoms with E-state index < -0.39 is 0 Å². The van der Waals surface area contributed by atoms with E-state index in [2.05, 4.69) is 78.4 Å². The maximum atomic E-state index is 5.24. The van der Waals surface area contributed by atoms with Gasteiger partial charge in [-0.15, -0.1) is 0 Å². The van der Waals surface area contributed by atoms with E-state index in [1.165, 1.54) is 55.2 Å². The summed E-state index contributed by atoms with van der Waals surface area (Å²) in [7, 11) is 0. The van der Waals surface area contributed by atoms with Gasteiger partial charge >= 0.3 is 0 Å². The predicted octanol–water partition coefficient (Wildman–Crippen LogP) is 6.43. The third-order valence-electron chi connectivity index (χ3n) is 7.88.